The maximum Gasteiger partial charge on any atom is 0.0523 e. The summed E-state index contributed by atoms with van der Waals surface area (Å²) in [5.41, 5.74) is 1.33. The first-order valence-corrected chi connectivity index (χ1v) is 6.70. The molecule has 1 saturated heterocycles. The van der Waals surface area contributed by atoms with Crippen molar-refractivity contribution >= 4 is 0 Å². The van der Waals surface area contributed by atoms with Gasteiger partial charge in [0.25, 0.3) is 0 Å². The van der Waals surface area contributed by atoms with E-state index in [1.165, 1.54) is 57.2 Å². The fourth-order valence-electron chi connectivity index (χ4n) is 3.41. The minimum Gasteiger partial charge on any atom is -0.292 e. The van der Waals surface area contributed by atoms with Crippen LogP contribution in [0.5, 0.6) is 0 Å². The van der Waals surface area contributed by atoms with E-state index in [4.69, 9.17) is 0 Å². The SMILES string of the molecule is c1cc([C@@H]2CCCCN2C2CCCC2)[nH]n1. The third kappa shape index (κ3) is 1.88. The van der Waals surface area contributed by atoms with Gasteiger partial charge in [-0.15, -0.1) is 0 Å². The first-order valence-electron chi connectivity index (χ1n) is 6.70. The summed E-state index contributed by atoms with van der Waals surface area (Å²) in [6.07, 6.45) is 11.6. The number of hydrogen-bond donors (Lipinski definition) is 1. The zero-order valence-corrected chi connectivity index (χ0v) is 9.86. The van der Waals surface area contributed by atoms with Crippen LogP contribution in [-0.2, 0) is 0 Å². The highest BCUT2D eigenvalue weighted by atomic mass is 15.2. The summed E-state index contributed by atoms with van der Waals surface area (Å²) in [6, 6.07) is 3.60. The van der Waals surface area contributed by atoms with Gasteiger partial charge in [-0.3, -0.25) is 10.00 Å². The topological polar surface area (TPSA) is 31.9 Å². The Morgan fingerprint density at radius 1 is 1.12 bits per heavy atom. The van der Waals surface area contributed by atoms with Gasteiger partial charge >= 0.3 is 0 Å². The first kappa shape index (κ1) is 10.3. The quantitative estimate of drug-likeness (QED) is 0.829. The fraction of sp³-hybridized carbons (Fsp3) is 0.769. The number of nitrogens with one attached hydrogen (secondary N) is 1. The minimum absolute atomic E-state index is 0.611. The molecule has 1 aliphatic carbocycles. The number of nitrogens with zero attached hydrogens (tertiary/aromatic N) is 2. The van der Waals surface area contributed by atoms with Crippen molar-refractivity contribution in [3.05, 3.63) is 18.0 Å². The largest absolute Gasteiger partial charge is 0.292 e. The van der Waals surface area contributed by atoms with Crippen LogP contribution in [0.3, 0.4) is 0 Å². The summed E-state index contributed by atoms with van der Waals surface area (Å²) >= 11 is 0. The number of rotatable bonds is 2. The van der Waals surface area contributed by atoms with Gasteiger partial charge in [0.05, 0.1) is 11.7 Å². The van der Waals surface area contributed by atoms with Gasteiger partial charge < -0.3 is 0 Å². The zero-order chi connectivity index (χ0) is 10.8. The number of piperidine rings is 1. The maximum atomic E-state index is 4.11. The monoisotopic (exact) mass is 219 g/mol. The molecule has 0 amide bonds. The summed E-state index contributed by atoms with van der Waals surface area (Å²) in [7, 11) is 0. The van der Waals surface area contributed by atoms with E-state index in [0.29, 0.717) is 6.04 Å². The van der Waals surface area contributed by atoms with Crippen LogP contribution < -0.4 is 0 Å². The zero-order valence-electron chi connectivity index (χ0n) is 9.86. The van der Waals surface area contributed by atoms with Gasteiger partial charge in [-0.2, -0.15) is 5.10 Å². The molecule has 2 heterocycles. The van der Waals surface area contributed by atoms with Gasteiger partial charge in [-0.1, -0.05) is 19.3 Å². The molecule has 3 rings (SSSR count). The number of hydrogen-bond acceptors (Lipinski definition) is 2. The van der Waals surface area contributed by atoms with Gasteiger partial charge in [-0.05, 0) is 38.3 Å². The van der Waals surface area contributed by atoms with Crippen molar-refractivity contribution < 1.29 is 0 Å². The molecule has 1 saturated carbocycles. The predicted molar refractivity (Wildman–Crippen MR) is 64.1 cm³/mol. The molecule has 0 radical (unpaired) electrons. The summed E-state index contributed by atoms with van der Waals surface area (Å²) in [5.74, 6) is 0. The lowest BCUT2D eigenvalue weighted by Gasteiger charge is -2.39. The summed E-state index contributed by atoms with van der Waals surface area (Å²) in [5, 5.41) is 7.28. The fourth-order valence-corrected chi connectivity index (χ4v) is 3.41. The molecule has 3 heteroatoms. The van der Waals surface area contributed by atoms with Crippen LogP contribution >= 0.6 is 0 Å². The van der Waals surface area contributed by atoms with Gasteiger partial charge in [0.2, 0.25) is 0 Å². The lowest BCUT2D eigenvalue weighted by atomic mass is 9.97. The highest BCUT2D eigenvalue weighted by molar-refractivity contribution is 5.07. The Kier molecular flexibility index (Phi) is 2.96. The van der Waals surface area contributed by atoms with E-state index in [1.807, 2.05) is 6.20 Å². The molecular formula is C13H21N3. The van der Waals surface area contributed by atoms with Crippen LogP contribution in [0.25, 0.3) is 0 Å². The molecule has 0 spiro atoms. The van der Waals surface area contributed by atoms with Crippen molar-refractivity contribution in [3.63, 3.8) is 0 Å². The van der Waals surface area contributed by atoms with E-state index < -0.39 is 0 Å². The number of aromatic amines is 1. The van der Waals surface area contributed by atoms with Crippen LogP contribution in [-0.4, -0.2) is 27.7 Å². The average Bonchev–Trinajstić information content (AvgIpc) is 3.03. The molecule has 3 nitrogen and oxygen atoms in total. The third-order valence-electron chi connectivity index (χ3n) is 4.22. The van der Waals surface area contributed by atoms with Crippen LogP contribution in [0.15, 0.2) is 12.3 Å². The van der Waals surface area contributed by atoms with E-state index in [2.05, 4.69) is 21.2 Å². The van der Waals surface area contributed by atoms with Crippen LogP contribution in [0.1, 0.15) is 56.7 Å². The molecule has 0 bridgehead atoms. The lowest BCUT2D eigenvalue weighted by molar-refractivity contribution is 0.0942. The second-order valence-corrected chi connectivity index (χ2v) is 5.20. The van der Waals surface area contributed by atoms with Crippen molar-refractivity contribution in [1.82, 2.24) is 15.1 Å². The molecule has 1 aromatic heterocycles. The molecule has 2 fully saturated rings. The molecule has 1 atom stereocenters. The molecule has 16 heavy (non-hydrogen) atoms. The lowest BCUT2D eigenvalue weighted by Crippen LogP contribution is -2.40. The van der Waals surface area contributed by atoms with Crippen molar-refractivity contribution in [2.45, 2.75) is 57.0 Å². The normalized spacial score (nSPS) is 28.6. The molecule has 2 aliphatic rings. The minimum atomic E-state index is 0.611. The third-order valence-corrected chi connectivity index (χ3v) is 4.22. The molecule has 1 aliphatic heterocycles. The summed E-state index contributed by atoms with van der Waals surface area (Å²) < 4.78 is 0. The molecule has 0 aromatic carbocycles. The Labute approximate surface area is 97.2 Å². The highest BCUT2D eigenvalue weighted by Crippen LogP contribution is 2.36. The maximum absolute atomic E-state index is 4.11. The first-order chi connectivity index (χ1) is 7.95. The summed E-state index contributed by atoms with van der Waals surface area (Å²) in [6.45, 7) is 1.29. The van der Waals surface area contributed by atoms with E-state index in [-0.39, 0.29) is 0 Å². The Hall–Kier alpha value is -0.830. The van der Waals surface area contributed by atoms with Crippen molar-refractivity contribution in [2.24, 2.45) is 0 Å². The standard InChI is InChI=1S/C13H21N3/c1-2-6-11(5-1)16-10-4-3-7-13(16)12-8-9-14-15-12/h8-9,11,13H,1-7,10H2,(H,14,15)/t13-/m0/s1. The van der Waals surface area contributed by atoms with Crippen molar-refractivity contribution in [2.75, 3.05) is 6.54 Å². The number of likely N-dealkylation sites (tertiary alicyclic amines) is 1. The average molecular weight is 219 g/mol. The van der Waals surface area contributed by atoms with E-state index in [9.17, 15) is 0 Å². The Morgan fingerprint density at radius 3 is 2.69 bits per heavy atom. The van der Waals surface area contributed by atoms with Crippen LogP contribution in [0.4, 0.5) is 0 Å². The van der Waals surface area contributed by atoms with Crippen LogP contribution in [0.2, 0.25) is 0 Å². The van der Waals surface area contributed by atoms with Gasteiger partial charge in [0, 0.05) is 12.2 Å². The van der Waals surface area contributed by atoms with E-state index >= 15 is 0 Å². The van der Waals surface area contributed by atoms with Gasteiger partial charge in [0.1, 0.15) is 0 Å². The van der Waals surface area contributed by atoms with Gasteiger partial charge in [-0.25, -0.2) is 0 Å². The summed E-state index contributed by atoms with van der Waals surface area (Å²) in [4.78, 5) is 2.74. The molecular weight excluding hydrogens is 198 g/mol. The Morgan fingerprint density at radius 2 is 1.94 bits per heavy atom. The van der Waals surface area contributed by atoms with E-state index in [1.54, 1.807) is 0 Å². The van der Waals surface area contributed by atoms with Gasteiger partial charge in [0.15, 0.2) is 0 Å². The van der Waals surface area contributed by atoms with Crippen molar-refractivity contribution in [1.29, 1.82) is 0 Å². The highest BCUT2D eigenvalue weighted by Gasteiger charge is 2.31. The molecule has 88 valence electrons. The van der Waals surface area contributed by atoms with Crippen molar-refractivity contribution in [3.8, 4) is 0 Å². The Balaban J connectivity index is 1.78. The molecule has 1 aromatic rings. The number of aromatic nitrogens is 2. The van der Waals surface area contributed by atoms with Crippen LogP contribution in [0, 0.1) is 0 Å². The smallest absolute Gasteiger partial charge is 0.0523 e. The van der Waals surface area contributed by atoms with E-state index in [0.717, 1.165) is 6.04 Å². The second kappa shape index (κ2) is 4.58. The predicted octanol–water partition coefficient (Wildman–Crippen LogP) is 2.88. The second-order valence-electron chi connectivity index (χ2n) is 5.20. The molecule has 0 unspecified atom stereocenters. The number of H-pyrrole nitrogens is 1. The molecule has 1 N–H and O–H groups in total. The Bertz CT molecular complexity index is 314.